The molecule has 2 N–H and O–H groups in total. The molecular weight excluding hydrogens is 236 g/mol. The molecule has 0 aliphatic carbocycles. The minimum atomic E-state index is -0.934. The van der Waals surface area contributed by atoms with Crippen LogP contribution in [-0.2, 0) is 0 Å². The van der Waals surface area contributed by atoms with Gasteiger partial charge in [0.15, 0.2) is 11.6 Å². The fourth-order valence-electron chi connectivity index (χ4n) is 1.63. The second-order valence-corrected chi connectivity index (χ2v) is 3.83. The fourth-order valence-corrected chi connectivity index (χ4v) is 1.63. The Bertz CT molecular complexity index is 516. The van der Waals surface area contributed by atoms with E-state index >= 15 is 0 Å². The number of benzene rings is 2. The molecule has 2 aromatic rings. The molecule has 4 heteroatoms. The number of halogens is 2. The third-order valence-electron chi connectivity index (χ3n) is 2.55. The van der Waals surface area contributed by atoms with Gasteiger partial charge >= 0.3 is 0 Å². The number of rotatable bonds is 4. The van der Waals surface area contributed by atoms with Gasteiger partial charge < -0.3 is 10.5 Å². The van der Waals surface area contributed by atoms with Crippen LogP contribution in [0.3, 0.4) is 0 Å². The molecule has 0 fully saturated rings. The number of hydrogen-bond acceptors (Lipinski definition) is 2. The molecule has 2 nitrogen and oxygen atoms in total. The van der Waals surface area contributed by atoms with Gasteiger partial charge in [-0.25, -0.2) is 8.78 Å². The van der Waals surface area contributed by atoms with Crippen molar-refractivity contribution < 1.29 is 13.5 Å². The molecule has 94 valence electrons. The van der Waals surface area contributed by atoms with Gasteiger partial charge in [-0.2, -0.15) is 0 Å². The van der Waals surface area contributed by atoms with E-state index in [1.807, 2.05) is 30.3 Å². The van der Waals surface area contributed by atoms with Gasteiger partial charge in [-0.1, -0.05) is 30.3 Å². The minimum Gasteiger partial charge on any atom is -0.484 e. The van der Waals surface area contributed by atoms with E-state index in [1.54, 1.807) is 0 Å². The van der Waals surface area contributed by atoms with Gasteiger partial charge in [-0.05, 0) is 17.7 Å². The molecule has 0 amide bonds. The summed E-state index contributed by atoms with van der Waals surface area (Å²) < 4.78 is 31.4. The fraction of sp³-hybridized carbons (Fsp3) is 0.143. The summed E-state index contributed by atoms with van der Waals surface area (Å²) in [4.78, 5) is 0. The molecule has 1 atom stereocenters. The highest BCUT2D eigenvalue weighted by Crippen LogP contribution is 2.22. The summed E-state index contributed by atoms with van der Waals surface area (Å²) in [5.74, 6) is -1.57. The Morgan fingerprint density at radius 3 is 2.33 bits per heavy atom. The van der Waals surface area contributed by atoms with Gasteiger partial charge in [0, 0.05) is 12.6 Å². The molecule has 0 aliphatic rings. The maximum Gasteiger partial charge on any atom is 0.162 e. The highest BCUT2D eigenvalue weighted by Gasteiger charge is 2.12. The molecule has 0 saturated carbocycles. The molecule has 0 radical (unpaired) electrons. The van der Waals surface area contributed by atoms with Gasteiger partial charge in [-0.3, -0.25) is 0 Å². The summed E-state index contributed by atoms with van der Waals surface area (Å²) in [5, 5.41) is 0. The molecule has 0 aromatic heterocycles. The molecular formula is C14H13F2NO. The highest BCUT2D eigenvalue weighted by atomic mass is 19.2. The summed E-state index contributed by atoms with van der Waals surface area (Å²) in [7, 11) is 0. The summed E-state index contributed by atoms with van der Waals surface area (Å²) in [6.45, 7) is 0.253. The first-order valence-electron chi connectivity index (χ1n) is 5.57. The third kappa shape index (κ3) is 2.84. The van der Waals surface area contributed by atoms with E-state index in [1.165, 1.54) is 6.07 Å². The van der Waals surface area contributed by atoms with Crippen LogP contribution in [0.1, 0.15) is 11.7 Å². The lowest BCUT2D eigenvalue weighted by atomic mass is 10.1. The zero-order valence-corrected chi connectivity index (χ0v) is 9.64. The smallest absolute Gasteiger partial charge is 0.162 e. The quantitative estimate of drug-likeness (QED) is 0.903. The molecule has 0 saturated heterocycles. The Kier molecular flexibility index (Phi) is 3.89. The standard InChI is InChI=1S/C14H13F2NO/c15-12-7-6-11(8-13(12)16)18-14(9-17)10-4-2-1-3-5-10/h1-8,14H,9,17H2. The molecule has 18 heavy (non-hydrogen) atoms. The second kappa shape index (κ2) is 5.60. The summed E-state index contributed by atoms with van der Waals surface area (Å²) in [6.07, 6.45) is -0.379. The average molecular weight is 249 g/mol. The molecule has 0 bridgehead atoms. The summed E-state index contributed by atoms with van der Waals surface area (Å²) >= 11 is 0. The van der Waals surface area contributed by atoms with E-state index < -0.39 is 11.6 Å². The Morgan fingerprint density at radius 1 is 1.00 bits per heavy atom. The molecule has 0 heterocycles. The van der Waals surface area contributed by atoms with E-state index in [2.05, 4.69) is 0 Å². The first-order valence-corrected chi connectivity index (χ1v) is 5.57. The lowest BCUT2D eigenvalue weighted by Gasteiger charge is -2.17. The van der Waals surface area contributed by atoms with E-state index in [0.717, 1.165) is 17.7 Å². The van der Waals surface area contributed by atoms with Crippen molar-refractivity contribution in [1.82, 2.24) is 0 Å². The van der Waals surface area contributed by atoms with E-state index in [-0.39, 0.29) is 18.4 Å². The van der Waals surface area contributed by atoms with Crippen molar-refractivity contribution >= 4 is 0 Å². The van der Waals surface area contributed by atoms with Crippen LogP contribution in [0.15, 0.2) is 48.5 Å². The third-order valence-corrected chi connectivity index (χ3v) is 2.55. The Labute approximate surface area is 104 Å². The monoisotopic (exact) mass is 249 g/mol. The summed E-state index contributed by atoms with van der Waals surface area (Å²) in [5.41, 5.74) is 6.52. The first-order chi connectivity index (χ1) is 8.70. The average Bonchev–Trinajstić information content (AvgIpc) is 2.41. The highest BCUT2D eigenvalue weighted by molar-refractivity contribution is 5.26. The van der Waals surface area contributed by atoms with Crippen molar-refractivity contribution in [2.24, 2.45) is 5.73 Å². The molecule has 2 aromatic carbocycles. The van der Waals surface area contributed by atoms with Crippen LogP contribution in [0.5, 0.6) is 5.75 Å². The van der Waals surface area contributed by atoms with Crippen molar-refractivity contribution in [3.63, 3.8) is 0 Å². The van der Waals surface area contributed by atoms with Crippen molar-refractivity contribution in [2.45, 2.75) is 6.10 Å². The Hall–Kier alpha value is -1.94. The van der Waals surface area contributed by atoms with Gasteiger partial charge in [0.05, 0.1) is 0 Å². The van der Waals surface area contributed by atoms with Crippen molar-refractivity contribution in [3.05, 3.63) is 65.7 Å². The first kappa shape index (κ1) is 12.5. The SMILES string of the molecule is NCC(Oc1ccc(F)c(F)c1)c1ccccc1. The van der Waals surface area contributed by atoms with Gasteiger partial charge in [-0.15, -0.1) is 0 Å². The van der Waals surface area contributed by atoms with E-state index in [4.69, 9.17) is 10.5 Å². The van der Waals surface area contributed by atoms with Crippen LogP contribution < -0.4 is 10.5 Å². The van der Waals surface area contributed by atoms with Gasteiger partial charge in [0.2, 0.25) is 0 Å². The maximum absolute atomic E-state index is 13.0. The lowest BCUT2D eigenvalue weighted by Crippen LogP contribution is -2.18. The lowest BCUT2D eigenvalue weighted by molar-refractivity contribution is 0.213. The van der Waals surface area contributed by atoms with Crippen molar-refractivity contribution in [1.29, 1.82) is 0 Å². The number of nitrogens with two attached hydrogens (primary N) is 1. The van der Waals surface area contributed by atoms with Crippen LogP contribution >= 0.6 is 0 Å². The normalized spacial score (nSPS) is 12.2. The minimum absolute atomic E-state index is 0.253. The van der Waals surface area contributed by atoms with Gasteiger partial charge in [0.1, 0.15) is 11.9 Å². The summed E-state index contributed by atoms with van der Waals surface area (Å²) in [6, 6.07) is 12.8. The van der Waals surface area contributed by atoms with Crippen molar-refractivity contribution in [2.75, 3.05) is 6.54 Å². The zero-order chi connectivity index (χ0) is 13.0. The van der Waals surface area contributed by atoms with E-state index in [0.29, 0.717) is 0 Å². The van der Waals surface area contributed by atoms with Crippen LogP contribution in [0.4, 0.5) is 8.78 Å². The predicted molar refractivity (Wildman–Crippen MR) is 65.2 cm³/mol. The molecule has 0 aliphatic heterocycles. The zero-order valence-electron chi connectivity index (χ0n) is 9.64. The maximum atomic E-state index is 13.0. The topological polar surface area (TPSA) is 35.2 Å². The Morgan fingerprint density at radius 2 is 1.72 bits per heavy atom. The number of hydrogen-bond donors (Lipinski definition) is 1. The second-order valence-electron chi connectivity index (χ2n) is 3.83. The van der Waals surface area contributed by atoms with Crippen LogP contribution in [0, 0.1) is 11.6 Å². The van der Waals surface area contributed by atoms with E-state index in [9.17, 15) is 8.78 Å². The van der Waals surface area contributed by atoms with Crippen molar-refractivity contribution in [3.8, 4) is 5.75 Å². The van der Waals surface area contributed by atoms with Crippen LogP contribution in [0.2, 0.25) is 0 Å². The van der Waals surface area contributed by atoms with Gasteiger partial charge in [0.25, 0.3) is 0 Å². The molecule has 2 rings (SSSR count). The largest absolute Gasteiger partial charge is 0.484 e. The number of ether oxygens (including phenoxy) is 1. The molecule has 0 spiro atoms. The van der Waals surface area contributed by atoms with Crippen LogP contribution in [0.25, 0.3) is 0 Å². The van der Waals surface area contributed by atoms with Crippen LogP contribution in [-0.4, -0.2) is 6.54 Å². The Balaban J connectivity index is 2.18. The molecule has 1 unspecified atom stereocenters. The predicted octanol–water partition coefficient (Wildman–Crippen LogP) is 3.04.